The molecule has 0 unspecified atom stereocenters. The molecule has 1 N–H and O–H groups in total. The van der Waals surface area contributed by atoms with Gasteiger partial charge >= 0.3 is 0 Å². The molecule has 1 aliphatic heterocycles. The highest BCUT2D eigenvalue weighted by Crippen LogP contribution is 2.28. The lowest BCUT2D eigenvalue weighted by Crippen LogP contribution is -2.42. The van der Waals surface area contributed by atoms with Gasteiger partial charge in [-0.25, -0.2) is 0 Å². The Morgan fingerprint density at radius 3 is 2.68 bits per heavy atom. The SMILES string of the molecule is CNCc1ccc(Cl)cc1N(C)C1CCN(C)CC1. The second-order valence-corrected chi connectivity index (χ2v) is 5.89. The van der Waals surface area contributed by atoms with E-state index in [0.29, 0.717) is 6.04 Å². The van der Waals surface area contributed by atoms with Crippen LogP contribution < -0.4 is 10.2 Å². The number of hydrogen-bond donors (Lipinski definition) is 1. The predicted octanol–water partition coefficient (Wildman–Crippen LogP) is 2.59. The summed E-state index contributed by atoms with van der Waals surface area (Å²) in [6.45, 7) is 3.23. The second-order valence-electron chi connectivity index (χ2n) is 5.45. The molecule has 0 amide bonds. The first kappa shape index (κ1) is 14.6. The van der Waals surface area contributed by atoms with Crippen LogP contribution in [-0.4, -0.2) is 45.2 Å². The minimum atomic E-state index is 0.616. The zero-order chi connectivity index (χ0) is 13.8. The molecule has 3 nitrogen and oxygen atoms in total. The molecule has 0 aromatic heterocycles. The van der Waals surface area contributed by atoms with Crippen molar-refractivity contribution in [3.63, 3.8) is 0 Å². The number of hydrogen-bond acceptors (Lipinski definition) is 3. The van der Waals surface area contributed by atoms with E-state index in [4.69, 9.17) is 11.6 Å². The van der Waals surface area contributed by atoms with Crippen molar-refractivity contribution >= 4 is 17.3 Å². The van der Waals surface area contributed by atoms with Gasteiger partial charge in [0, 0.05) is 30.3 Å². The molecule has 19 heavy (non-hydrogen) atoms. The lowest BCUT2D eigenvalue weighted by Gasteiger charge is -2.37. The van der Waals surface area contributed by atoms with Gasteiger partial charge in [-0.2, -0.15) is 0 Å². The first-order valence-corrected chi connectivity index (χ1v) is 7.34. The Morgan fingerprint density at radius 1 is 1.37 bits per heavy atom. The summed E-state index contributed by atoms with van der Waals surface area (Å²) >= 11 is 6.17. The maximum atomic E-state index is 6.17. The van der Waals surface area contributed by atoms with E-state index in [1.807, 2.05) is 13.1 Å². The van der Waals surface area contributed by atoms with Gasteiger partial charge in [0.1, 0.15) is 0 Å². The topological polar surface area (TPSA) is 18.5 Å². The van der Waals surface area contributed by atoms with Crippen LogP contribution in [0.15, 0.2) is 18.2 Å². The van der Waals surface area contributed by atoms with Gasteiger partial charge in [-0.1, -0.05) is 17.7 Å². The Labute approximate surface area is 121 Å². The molecule has 106 valence electrons. The van der Waals surface area contributed by atoms with Crippen molar-refractivity contribution < 1.29 is 0 Å². The van der Waals surface area contributed by atoms with Crippen LogP contribution in [0, 0.1) is 0 Å². The van der Waals surface area contributed by atoms with E-state index in [9.17, 15) is 0 Å². The molecular formula is C15H24ClN3. The normalized spacial score (nSPS) is 17.7. The van der Waals surface area contributed by atoms with Crippen molar-refractivity contribution in [2.45, 2.75) is 25.4 Å². The fourth-order valence-corrected chi connectivity index (χ4v) is 2.95. The molecule has 0 aliphatic carbocycles. The molecule has 2 rings (SSSR count). The van der Waals surface area contributed by atoms with Crippen LogP contribution in [-0.2, 0) is 6.54 Å². The van der Waals surface area contributed by atoms with E-state index in [1.165, 1.54) is 37.2 Å². The Bertz CT molecular complexity index is 414. The largest absolute Gasteiger partial charge is 0.371 e. The molecule has 0 saturated carbocycles. The number of anilines is 1. The van der Waals surface area contributed by atoms with Crippen LogP contribution in [0.4, 0.5) is 5.69 Å². The van der Waals surface area contributed by atoms with E-state index >= 15 is 0 Å². The summed E-state index contributed by atoms with van der Waals surface area (Å²) < 4.78 is 0. The summed E-state index contributed by atoms with van der Waals surface area (Å²) in [5.74, 6) is 0. The zero-order valence-corrected chi connectivity index (χ0v) is 12.9. The third kappa shape index (κ3) is 3.62. The fraction of sp³-hybridized carbons (Fsp3) is 0.600. The first-order valence-electron chi connectivity index (χ1n) is 6.96. The molecular weight excluding hydrogens is 258 g/mol. The van der Waals surface area contributed by atoms with E-state index in [0.717, 1.165) is 11.6 Å². The zero-order valence-electron chi connectivity index (χ0n) is 12.1. The lowest BCUT2D eigenvalue weighted by molar-refractivity contribution is 0.252. The Balaban J connectivity index is 2.17. The summed E-state index contributed by atoms with van der Waals surface area (Å²) in [6, 6.07) is 6.80. The molecule has 1 saturated heterocycles. The fourth-order valence-electron chi connectivity index (χ4n) is 2.78. The number of piperidine rings is 1. The van der Waals surface area contributed by atoms with Crippen molar-refractivity contribution in [3.8, 4) is 0 Å². The summed E-state index contributed by atoms with van der Waals surface area (Å²) in [7, 11) is 6.37. The molecule has 0 radical (unpaired) electrons. The third-order valence-electron chi connectivity index (χ3n) is 4.03. The van der Waals surface area contributed by atoms with Crippen molar-refractivity contribution in [2.75, 3.05) is 39.1 Å². The van der Waals surface area contributed by atoms with Gasteiger partial charge < -0.3 is 15.1 Å². The Hall–Kier alpha value is -0.770. The third-order valence-corrected chi connectivity index (χ3v) is 4.27. The first-order chi connectivity index (χ1) is 9.11. The second kappa shape index (κ2) is 6.60. The predicted molar refractivity (Wildman–Crippen MR) is 83.1 cm³/mol. The summed E-state index contributed by atoms with van der Waals surface area (Å²) in [5.41, 5.74) is 2.57. The van der Waals surface area contributed by atoms with Crippen LogP contribution >= 0.6 is 11.6 Å². The monoisotopic (exact) mass is 281 g/mol. The lowest BCUT2D eigenvalue weighted by atomic mass is 10.0. The van der Waals surface area contributed by atoms with Crippen LogP contribution in [0.1, 0.15) is 18.4 Å². The number of benzene rings is 1. The van der Waals surface area contributed by atoms with Crippen LogP contribution in [0.3, 0.4) is 0 Å². The van der Waals surface area contributed by atoms with Gasteiger partial charge in [-0.15, -0.1) is 0 Å². The molecule has 1 fully saturated rings. The van der Waals surface area contributed by atoms with E-state index < -0.39 is 0 Å². The standard InChI is InChI=1S/C15H24ClN3/c1-17-11-12-4-5-13(16)10-15(12)19(3)14-6-8-18(2)9-7-14/h4-5,10,14,17H,6-9,11H2,1-3H3. The highest BCUT2D eigenvalue weighted by atomic mass is 35.5. The molecule has 1 aromatic carbocycles. The van der Waals surface area contributed by atoms with Crippen molar-refractivity contribution in [3.05, 3.63) is 28.8 Å². The molecule has 4 heteroatoms. The van der Waals surface area contributed by atoms with Crippen LogP contribution in [0.5, 0.6) is 0 Å². The molecule has 0 spiro atoms. The van der Waals surface area contributed by atoms with Crippen LogP contribution in [0.25, 0.3) is 0 Å². The summed E-state index contributed by atoms with van der Waals surface area (Å²) in [6.07, 6.45) is 2.44. The molecule has 1 aromatic rings. The van der Waals surface area contributed by atoms with Crippen molar-refractivity contribution in [2.24, 2.45) is 0 Å². The average Bonchev–Trinajstić information content (AvgIpc) is 2.41. The molecule has 1 heterocycles. The van der Waals surface area contributed by atoms with Gasteiger partial charge in [0.15, 0.2) is 0 Å². The number of nitrogens with zero attached hydrogens (tertiary/aromatic N) is 2. The number of rotatable bonds is 4. The molecule has 0 bridgehead atoms. The van der Waals surface area contributed by atoms with Gasteiger partial charge in [-0.05, 0) is 57.7 Å². The van der Waals surface area contributed by atoms with Gasteiger partial charge in [0.25, 0.3) is 0 Å². The molecule has 1 aliphatic rings. The van der Waals surface area contributed by atoms with Gasteiger partial charge in [0.2, 0.25) is 0 Å². The minimum Gasteiger partial charge on any atom is -0.371 e. The number of halogens is 1. The van der Waals surface area contributed by atoms with Crippen LogP contribution in [0.2, 0.25) is 5.02 Å². The summed E-state index contributed by atoms with van der Waals surface area (Å²) in [4.78, 5) is 4.81. The van der Waals surface area contributed by atoms with Gasteiger partial charge in [-0.3, -0.25) is 0 Å². The molecule has 0 atom stereocenters. The quantitative estimate of drug-likeness (QED) is 0.915. The Kier molecular flexibility index (Phi) is 5.08. The maximum Gasteiger partial charge on any atom is 0.0426 e. The maximum absolute atomic E-state index is 6.17. The van der Waals surface area contributed by atoms with Crippen molar-refractivity contribution in [1.82, 2.24) is 10.2 Å². The number of likely N-dealkylation sites (tertiary alicyclic amines) is 1. The van der Waals surface area contributed by atoms with E-state index in [1.54, 1.807) is 0 Å². The summed E-state index contributed by atoms with van der Waals surface area (Å²) in [5, 5.41) is 4.05. The van der Waals surface area contributed by atoms with E-state index in [2.05, 4.69) is 41.3 Å². The van der Waals surface area contributed by atoms with Gasteiger partial charge in [0.05, 0.1) is 0 Å². The Morgan fingerprint density at radius 2 is 2.05 bits per heavy atom. The van der Waals surface area contributed by atoms with Crippen molar-refractivity contribution in [1.29, 1.82) is 0 Å². The van der Waals surface area contributed by atoms with E-state index in [-0.39, 0.29) is 0 Å². The number of nitrogens with one attached hydrogen (secondary N) is 1. The highest BCUT2D eigenvalue weighted by molar-refractivity contribution is 6.30. The smallest absolute Gasteiger partial charge is 0.0426 e. The highest BCUT2D eigenvalue weighted by Gasteiger charge is 2.22. The average molecular weight is 282 g/mol. The minimum absolute atomic E-state index is 0.616.